The van der Waals surface area contributed by atoms with Crippen LogP contribution in [0.15, 0.2) is 24.3 Å². The van der Waals surface area contributed by atoms with E-state index in [2.05, 4.69) is 9.97 Å². The molecule has 2 heterocycles. The van der Waals surface area contributed by atoms with E-state index >= 15 is 0 Å². The molecule has 1 aliphatic rings. The maximum Gasteiger partial charge on any atom is 0.306 e. The normalized spacial score (nSPS) is 13.3. The van der Waals surface area contributed by atoms with Crippen LogP contribution in [-0.2, 0) is 35.4 Å². The molecule has 0 spiro atoms. The first kappa shape index (κ1) is 18.7. The zero-order chi connectivity index (χ0) is 19.5. The summed E-state index contributed by atoms with van der Waals surface area (Å²) in [5, 5.41) is 0.995. The van der Waals surface area contributed by atoms with Gasteiger partial charge in [0, 0.05) is 11.3 Å². The molecular formula is C21H23N3O3S. The highest BCUT2D eigenvalue weighted by atomic mass is 32.1. The van der Waals surface area contributed by atoms with Crippen LogP contribution in [-0.4, -0.2) is 23.0 Å². The summed E-state index contributed by atoms with van der Waals surface area (Å²) in [6, 6.07) is 7.66. The summed E-state index contributed by atoms with van der Waals surface area (Å²) >= 11 is 1.69. The number of nitrogens with zero attached hydrogens (tertiary/aromatic N) is 2. The first-order valence-corrected chi connectivity index (χ1v) is 10.3. The van der Waals surface area contributed by atoms with Crippen LogP contribution in [0, 0.1) is 0 Å². The lowest BCUT2D eigenvalue weighted by Gasteiger charge is -2.10. The van der Waals surface area contributed by atoms with Crippen molar-refractivity contribution in [3.05, 3.63) is 46.1 Å². The number of thiophene rings is 1. The Morgan fingerprint density at radius 1 is 1.18 bits per heavy atom. The molecule has 0 saturated heterocycles. The van der Waals surface area contributed by atoms with Crippen molar-refractivity contribution >= 4 is 33.3 Å². The molecule has 0 atom stereocenters. The van der Waals surface area contributed by atoms with Gasteiger partial charge in [-0.3, -0.25) is 4.79 Å². The molecule has 146 valence electrons. The highest BCUT2D eigenvalue weighted by Crippen LogP contribution is 2.37. The van der Waals surface area contributed by atoms with Crippen molar-refractivity contribution in [1.82, 2.24) is 9.97 Å². The molecule has 28 heavy (non-hydrogen) atoms. The number of nitrogen functional groups attached to an aromatic ring is 1. The van der Waals surface area contributed by atoms with Crippen LogP contribution in [0.1, 0.15) is 41.1 Å². The van der Waals surface area contributed by atoms with Gasteiger partial charge in [0.25, 0.3) is 0 Å². The largest absolute Gasteiger partial charge is 0.497 e. The number of rotatable bonds is 6. The van der Waals surface area contributed by atoms with Gasteiger partial charge < -0.3 is 15.2 Å². The van der Waals surface area contributed by atoms with Crippen molar-refractivity contribution in [2.24, 2.45) is 0 Å². The van der Waals surface area contributed by atoms with E-state index in [1.165, 1.54) is 23.3 Å². The fraction of sp³-hybridized carbons (Fsp3) is 0.381. The monoisotopic (exact) mass is 397 g/mol. The predicted molar refractivity (Wildman–Crippen MR) is 110 cm³/mol. The van der Waals surface area contributed by atoms with E-state index in [0.29, 0.717) is 24.5 Å². The van der Waals surface area contributed by atoms with Crippen molar-refractivity contribution in [1.29, 1.82) is 0 Å². The highest BCUT2D eigenvalue weighted by molar-refractivity contribution is 7.19. The van der Waals surface area contributed by atoms with Crippen LogP contribution in [0.5, 0.6) is 5.75 Å². The van der Waals surface area contributed by atoms with Crippen LogP contribution < -0.4 is 10.5 Å². The van der Waals surface area contributed by atoms with Gasteiger partial charge >= 0.3 is 5.97 Å². The van der Waals surface area contributed by atoms with Gasteiger partial charge in [0.15, 0.2) is 12.4 Å². The Bertz CT molecular complexity index is 998. The number of fused-ring (bicyclic) bond motifs is 3. The van der Waals surface area contributed by atoms with Gasteiger partial charge in [0.05, 0.1) is 12.5 Å². The first-order chi connectivity index (χ1) is 13.6. The Kier molecular flexibility index (Phi) is 5.43. The smallest absolute Gasteiger partial charge is 0.306 e. The van der Waals surface area contributed by atoms with Gasteiger partial charge in [-0.2, -0.15) is 0 Å². The summed E-state index contributed by atoms with van der Waals surface area (Å²) in [7, 11) is 1.63. The number of methoxy groups -OCH3 is 1. The molecule has 7 heteroatoms. The summed E-state index contributed by atoms with van der Waals surface area (Å²) in [6.07, 6.45) is 5.45. The molecule has 0 unspecified atom stereocenters. The minimum Gasteiger partial charge on any atom is -0.497 e. The Hall–Kier alpha value is -2.67. The minimum absolute atomic E-state index is 0.0458. The molecule has 6 nitrogen and oxygen atoms in total. The quantitative estimate of drug-likeness (QED) is 0.636. The Morgan fingerprint density at radius 2 is 1.96 bits per heavy atom. The maximum absolute atomic E-state index is 12.1. The molecule has 2 N–H and O–H groups in total. The molecule has 0 bridgehead atoms. The summed E-state index contributed by atoms with van der Waals surface area (Å²) in [6.45, 7) is 0.0458. The minimum atomic E-state index is -0.274. The van der Waals surface area contributed by atoms with Crippen LogP contribution in [0.4, 0.5) is 5.82 Å². The zero-order valence-corrected chi connectivity index (χ0v) is 16.7. The van der Waals surface area contributed by atoms with Gasteiger partial charge in [-0.25, -0.2) is 9.97 Å². The number of nitrogens with two attached hydrogens (primary N) is 1. The predicted octanol–water partition coefficient (Wildman–Crippen LogP) is 3.84. The number of esters is 1. The fourth-order valence-electron chi connectivity index (χ4n) is 3.55. The van der Waals surface area contributed by atoms with E-state index in [-0.39, 0.29) is 12.6 Å². The van der Waals surface area contributed by atoms with E-state index in [1.807, 2.05) is 24.3 Å². The summed E-state index contributed by atoms with van der Waals surface area (Å²) in [5.41, 5.74) is 8.57. The van der Waals surface area contributed by atoms with Gasteiger partial charge in [-0.1, -0.05) is 12.1 Å². The van der Waals surface area contributed by atoms with E-state index in [9.17, 15) is 4.79 Å². The summed E-state index contributed by atoms with van der Waals surface area (Å²) in [5.74, 6) is 1.48. The van der Waals surface area contributed by atoms with E-state index in [1.54, 1.807) is 18.4 Å². The molecule has 4 rings (SSSR count). The van der Waals surface area contributed by atoms with Crippen LogP contribution in [0.3, 0.4) is 0 Å². The summed E-state index contributed by atoms with van der Waals surface area (Å²) < 4.78 is 10.5. The highest BCUT2D eigenvalue weighted by Gasteiger charge is 2.20. The molecule has 0 saturated carbocycles. The van der Waals surface area contributed by atoms with Crippen LogP contribution >= 0.6 is 11.3 Å². The van der Waals surface area contributed by atoms with Gasteiger partial charge in [0.1, 0.15) is 16.4 Å². The Balaban J connectivity index is 1.37. The number of aromatic nitrogens is 2. The van der Waals surface area contributed by atoms with Crippen LogP contribution in [0.25, 0.3) is 10.2 Å². The first-order valence-electron chi connectivity index (χ1n) is 9.49. The molecule has 0 fully saturated rings. The van der Waals surface area contributed by atoms with Crippen molar-refractivity contribution in [2.45, 2.75) is 45.1 Å². The number of anilines is 1. The molecule has 0 radical (unpaired) electrons. The van der Waals surface area contributed by atoms with Crippen molar-refractivity contribution in [3.8, 4) is 5.75 Å². The zero-order valence-electron chi connectivity index (χ0n) is 15.9. The topological polar surface area (TPSA) is 87.3 Å². The number of ether oxygens (including phenoxy) is 2. The second-order valence-electron chi connectivity index (χ2n) is 6.92. The lowest BCUT2D eigenvalue weighted by molar-refractivity contribution is -0.145. The van der Waals surface area contributed by atoms with E-state index < -0.39 is 0 Å². The Labute approximate surface area is 167 Å². The van der Waals surface area contributed by atoms with Gasteiger partial charge in [0.2, 0.25) is 0 Å². The van der Waals surface area contributed by atoms with Crippen molar-refractivity contribution < 1.29 is 14.3 Å². The molecule has 3 aromatic rings. The van der Waals surface area contributed by atoms with Gasteiger partial charge in [-0.05, 0) is 55.4 Å². The van der Waals surface area contributed by atoms with E-state index in [4.69, 9.17) is 15.2 Å². The number of hydrogen-bond donors (Lipinski definition) is 1. The van der Waals surface area contributed by atoms with Crippen molar-refractivity contribution in [2.75, 3.05) is 12.8 Å². The fourth-order valence-corrected chi connectivity index (χ4v) is 4.84. The molecule has 0 aliphatic heterocycles. The number of aryl methyl sites for hydroxylation is 3. The SMILES string of the molecule is COc1ccc(CCC(=O)OCc2nc(N)c3c4c(sc3n2)CCCC4)cc1. The number of carbonyl (C=O) groups is 1. The number of hydrogen-bond acceptors (Lipinski definition) is 7. The number of benzene rings is 1. The summed E-state index contributed by atoms with van der Waals surface area (Å²) in [4.78, 5) is 23.3. The second kappa shape index (κ2) is 8.14. The molecule has 0 amide bonds. The third-order valence-corrected chi connectivity index (χ3v) is 6.21. The lowest BCUT2D eigenvalue weighted by atomic mass is 9.97. The third kappa shape index (κ3) is 3.94. The lowest BCUT2D eigenvalue weighted by Crippen LogP contribution is -2.09. The standard InChI is InChI=1S/C21H23N3O3S/c1-26-14-9-6-13(7-10-14)8-11-18(25)27-12-17-23-20(22)19-15-4-2-3-5-16(15)28-21(19)24-17/h6-7,9-10H,2-5,8,11-12H2,1H3,(H2,22,23,24). The second-order valence-corrected chi connectivity index (χ2v) is 8.01. The molecule has 2 aromatic heterocycles. The third-order valence-electron chi connectivity index (χ3n) is 5.03. The maximum atomic E-state index is 12.1. The number of carbonyl (C=O) groups excluding carboxylic acids is 1. The molecule has 1 aliphatic carbocycles. The van der Waals surface area contributed by atoms with Crippen molar-refractivity contribution in [3.63, 3.8) is 0 Å². The van der Waals surface area contributed by atoms with Gasteiger partial charge in [-0.15, -0.1) is 11.3 Å². The molecule has 1 aromatic carbocycles. The molecular weight excluding hydrogens is 374 g/mol. The average molecular weight is 398 g/mol. The Morgan fingerprint density at radius 3 is 2.75 bits per heavy atom. The van der Waals surface area contributed by atoms with E-state index in [0.717, 1.165) is 34.4 Å². The van der Waals surface area contributed by atoms with Crippen LogP contribution in [0.2, 0.25) is 0 Å². The average Bonchev–Trinajstić information content (AvgIpc) is 3.10.